The van der Waals surface area contributed by atoms with Crippen LogP contribution in [0, 0.1) is 17.0 Å². The van der Waals surface area contributed by atoms with E-state index in [1.165, 1.54) is 0 Å². The van der Waals surface area contributed by atoms with Gasteiger partial charge in [-0.1, -0.05) is 67.0 Å². The molecule has 1 heterocycles. The van der Waals surface area contributed by atoms with Crippen LogP contribution in [0.4, 0.5) is 8.78 Å². The van der Waals surface area contributed by atoms with E-state index >= 15 is 0 Å². The van der Waals surface area contributed by atoms with Crippen molar-refractivity contribution in [2.24, 2.45) is 5.41 Å². The smallest absolute Gasteiger partial charge is 0.378 e. The molecule has 29 heavy (non-hydrogen) atoms. The van der Waals surface area contributed by atoms with E-state index in [9.17, 15) is 23.5 Å². The molecule has 0 aromatic heterocycles. The van der Waals surface area contributed by atoms with Crippen molar-refractivity contribution in [1.29, 1.82) is 0 Å². The number of esters is 1. The lowest BCUT2D eigenvalue weighted by Gasteiger charge is -2.36. The average Bonchev–Trinajstić information content (AvgIpc) is 2.94. The molecule has 0 saturated carbocycles. The molecule has 1 saturated heterocycles. The minimum absolute atomic E-state index is 0.0395. The van der Waals surface area contributed by atoms with E-state index in [0.29, 0.717) is 11.6 Å². The lowest BCUT2D eigenvalue weighted by atomic mass is 9.84. The molecule has 1 aliphatic rings. The van der Waals surface area contributed by atoms with Gasteiger partial charge < -0.3 is 14.6 Å². The zero-order chi connectivity index (χ0) is 21.6. The highest BCUT2D eigenvalue weighted by molar-refractivity contribution is 9.10. The molecule has 2 aromatic carbocycles. The second-order valence-electron chi connectivity index (χ2n) is 7.88. The van der Waals surface area contributed by atoms with Crippen molar-refractivity contribution in [3.05, 3.63) is 69.7 Å². The average molecular weight is 469 g/mol. The van der Waals surface area contributed by atoms with E-state index < -0.39 is 46.8 Å². The number of benzene rings is 2. The Morgan fingerprint density at radius 1 is 1.17 bits per heavy atom. The fourth-order valence-corrected chi connectivity index (χ4v) is 3.87. The molecule has 1 fully saturated rings. The molecule has 0 bridgehead atoms. The number of hydrogen-bond donors (Lipinski definition) is 1. The van der Waals surface area contributed by atoms with Crippen molar-refractivity contribution in [3.8, 4) is 0 Å². The Labute approximate surface area is 174 Å². The zero-order valence-electron chi connectivity index (χ0n) is 16.0. The van der Waals surface area contributed by atoms with E-state index in [4.69, 9.17) is 9.47 Å². The maximum Gasteiger partial charge on any atom is 0.378 e. The fraction of sp³-hybridized carbons (Fsp3) is 0.333. The summed E-state index contributed by atoms with van der Waals surface area (Å²) < 4.78 is 39.5. The minimum Gasteiger partial charge on any atom is -0.476 e. The predicted octanol–water partition coefficient (Wildman–Crippen LogP) is 4.57. The second kappa shape index (κ2) is 7.18. The van der Waals surface area contributed by atoms with Gasteiger partial charge in [0.2, 0.25) is 0 Å². The first kappa shape index (κ1) is 21.4. The molecule has 0 aliphatic carbocycles. The van der Waals surface area contributed by atoms with Gasteiger partial charge in [-0.25, -0.2) is 18.4 Å². The molecule has 0 radical (unpaired) electrons. The standard InChI is InChI=1S/C21H19BrF2O5/c1-19(2,3)21(17(25)26)28-18(27)20(29-21,12-7-5-4-6-8-12)11-14-15(22)9-13(23)10-16(14)24/h4-10H,11H2,1-3H3,(H,25,26)/t20-,21-/m0/s1. The Morgan fingerprint density at radius 3 is 2.28 bits per heavy atom. The number of carboxylic acid groups (broad SMARTS) is 1. The number of rotatable bonds is 4. The largest absolute Gasteiger partial charge is 0.476 e. The van der Waals surface area contributed by atoms with Crippen LogP contribution in [0.2, 0.25) is 0 Å². The number of aliphatic carboxylic acids is 1. The van der Waals surface area contributed by atoms with Gasteiger partial charge in [-0.2, -0.15) is 0 Å². The summed E-state index contributed by atoms with van der Waals surface area (Å²) in [6.07, 6.45) is -0.395. The molecule has 154 valence electrons. The molecule has 0 unspecified atom stereocenters. The number of cyclic esters (lactones) is 1. The van der Waals surface area contributed by atoms with Crippen LogP contribution in [-0.2, 0) is 31.1 Å². The number of ether oxygens (including phenoxy) is 2. The summed E-state index contributed by atoms with van der Waals surface area (Å²) >= 11 is 3.11. The first-order valence-electron chi connectivity index (χ1n) is 8.79. The summed E-state index contributed by atoms with van der Waals surface area (Å²) in [5, 5.41) is 9.87. The van der Waals surface area contributed by atoms with Crippen LogP contribution in [0.1, 0.15) is 31.9 Å². The summed E-state index contributed by atoms with van der Waals surface area (Å²) in [4.78, 5) is 25.3. The third kappa shape index (κ3) is 3.44. The fourth-order valence-electron chi connectivity index (χ4n) is 3.32. The van der Waals surface area contributed by atoms with Crippen molar-refractivity contribution in [2.75, 3.05) is 0 Å². The van der Waals surface area contributed by atoms with Gasteiger partial charge in [-0.15, -0.1) is 0 Å². The normalized spacial score (nSPS) is 24.4. The highest BCUT2D eigenvalue weighted by Gasteiger charge is 2.68. The van der Waals surface area contributed by atoms with E-state index in [1.807, 2.05) is 0 Å². The Hall–Kier alpha value is -2.32. The van der Waals surface area contributed by atoms with Crippen LogP contribution in [0.25, 0.3) is 0 Å². The molecule has 2 aromatic rings. The minimum atomic E-state index is -2.29. The molecule has 0 spiro atoms. The maximum absolute atomic E-state index is 14.6. The van der Waals surface area contributed by atoms with E-state index in [0.717, 1.165) is 6.07 Å². The lowest BCUT2D eigenvalue weighted by Crippen LogP contribution is -2.52. The first-order valence-corrected chi connectivity index (χ1v) is 9.58. The Morgan fingerprint density at radius 2 is 1.79 bits per heavy atom. The van der Waals surface area contributed by atoms with Gasteiger partial charge in [0.25, 0.3) is 0 Å². The SMILES string of the molecule is CC(C)(C)[C@@]1(C(=O)O)OC(=O)[C@](Cc2c(F)cc(F)cc2Br)(c2ccccc2)O1. The van der Waals surface area contributed by atoms with Crippen LogP contribution in [-0.4, -0.2) is 22.8 Å². The van der Waals surface area contributed by atoms with E-state index in [-0.39, 0.29) is 10.0 Å². The Kier molecular flexibility index (Phi) is 5.29. The van der Waals surface area contributed by atoms with E-state index in [1.54, 1.807) is 51.1 Å². The molecule has 5 nitrogen and oxygen atoms in total. The second-order valence-corrected chi connectivity index (χ2v) is 8.74. The van der Waals surface area contributed by atoms with Gasteiger partial charge in [-0.3, -0.25) is 0 Å². The molecular formula is C21H19BrF2O5. The molecule has 2 atom stereocenters. The molecule has 8 heteroatoms. The first-order chi connectivity index (χ1) is 13.4. The van der Waals surface area contributed by atoms with Gasteiger partial charge in [0.1, 0.15) is 11.6 Å². The summed E-state index contributed by atoms with van der Waals surface area (Å²) in [5.74, 6) is -6.42. The third-order valence-corrected chi connectivity index (χ3v) is 5.63. The van der Waals surface area contributed by atoms with Crippen LogP contribution >= 0.6 is 15.9 Å². The van der Waals surface area contributed by atoms with Gasteiger partial charge in [0, 0.05) is 27.9 Å². The molecule has 0 amide bonds. The van der Waals surface area contributed by atoms with Crippen LogP contribution in [0.3, 0.4) is 0 Å². The molecular weight excluding hydrogens is 450 g/mol. The van der Waals surface area contributed by atoms with Crippen molar-refractivity contribution in [2.45, 2.75) is 38.6 Å². The van der Waals surface area contributed by atoms with Crippen molar-refractivity contribution >= 4 is 27.9 Å². The summed E-state index contributed by atoms with van der Waals surface area (Å²) in [5.41, 5.74) is -2.81. The number of carbonyl (C=O) groups is 2. The van der Waals surface area contributed by atoms with Gasteiger partial charge in [0.15, 0.2) is 5.60 Å². The van der Waals surface area contributed by atoms with E-state index in [2.05, 4.69) is 15.9 Å². The van der Waals surface area contributed by atoms with Crippen molar-refractivity contribution < 1.29 is 33.0 Å². The highest BCUT2D eigenvalue weighted by atomic mass is 79.9. The van der Waals surface area contributed by atoms with Gasteiger partial charge >= 0.3 is 17.7 Å². The van der Waals surface area contributed by atoms with Crippen LogP contribution < -0.4 is 0 Å². The number of hydrogen-bond acceptors (Lipinski definition) is 4. The van der Waals surface area contributed by atoms with Crippen LogP contribution in [0.5, 0.6) is 0 Å². The van der Waals surface area contributed by atoms with Gasteiger partial charge in [-0.05, 0) is 11.6 Å². The number of carbonyl (C=O) groups excluding carboxylic acids is 1. The summed E-state index contributed by atoms with van der Waals surface area (Å²) in [7, 11) is 0. The zero-order valence-corrected chi connectivity index (χ0v) is 17.5. The lowest BCUT2D eigenvalue weighted by molar-refractivity contribution is -0.251. The third-order valence-electron chi connectivity index (χ3n) is 4.92. The number of carboxylic acids is 1. The van der Waals surface area contributed by atoms with Crippen LogP contribution in [0.15, 0.2) is 46.9 Å². The van der Waals surface area contributed by atoms with Crippen molar-refractivity contribution in [3.63, 3.8) is 0 Å². The number of halogens is 3. The molecule has 1 N–H and O–H groups in total. The van der Waals surface area contributed by atoms with Gasteiger partial charge in [0.05, 0.1) is 0 Å². The molecule has 1 aliphatic heterocycles. The topological polar surface area (TPSA) is 72.8 Å². The van der Waals surface area contributed by atoms with Crippen molar-refractivity contribution in [1.82, 2.24) is 0 Å². The predicted molar refractivity (Wildman–Crippen MR) is 103 cm³/mol. The Bertz CT molecular complexity index is 950. The maximum atomic E-state index is 14.6. The summed E-state index contributed by atoms with van der Waals surface area (Å²) in [6, 6.07) is 9.87. The monoisotopic (exact) mass is 468 g/mol. The Balaban J connectivity index is 2.22. The summed E-state index contributed by atoms with van der Waals surface area (Å²) in [6.45, 7) is 4.68. The molecule has 3 rings (SSSR count). The quantitative estimate of drug-likeness (QED) is 0.665. The highest BCUT2D eigenvalue weighted by Crippen LogP contribution is 2.50.